The first-order valence-corrected chi connectivity index (χ1v) is 7.11. The molecule has 0 saturated carbocycles. The summed E-state index contributed by atoms with van der Waals surface area (Å²) >= 11 is 3.69. The van der Waals surface area contributed by atoms with Gasteiger partial charge in [-0.25, -0.2) is 0 Å². The molecule has 0 bridgehead atoms. The van der Waals surface area contributed by atoms with Gasteiger partial charge in [-0.2, -0.15) is 0 Å². The van der Waals surface area contributed by atoms with Gasteiger partial charge in [-0.3, -0.25) is 0 Å². The monoisotopic (exact) mass is 296 g/mol. The molecule has 1 fully saturated rings. The quantitative estimate of drug-likeness (QED) is 0.922. The average Bonchev–Trinajstić information content (AvgIpc) is 2.33. The molecule has 94 valence electrons. The third-order valence-electron chi connectivity index (χ3n) is 3.61. The van der Waals surface area contributed by atoms with E-state index in [0.29, 0.717) is 6.04 Å². The summed E-state index contributed by atoms with van der Waals surface area (Å²) in [5.74, 6) is 0.755. The molecule has 2 rings (SSSR count). The molecule has 1 heterocycles. The van der Waals surface area contributed by atoms with Crippen LogP contribution in [-0.4, -0.2) is 32.1 Å². The van der Waals surface area contributed by atoms with Crippen molar-refractivity contribution in [3.63, 3.8) is 0 Å². The lowest BCUT2D eigenvalue weighted by atomic mass is 9.85. The largest absolute Gasteiger partial charge is 0.317 e. The minimum Gasteiger partial charge on any atom is -0.317 e. The van der Waals surface area contributed by atoms with E-state index in [1.807, 2.05) is 0 Å². The van der Waals surface area contributed by atoms with Gasteiger partial charge >= 0.3 is 0 Å². The summed E-state index contributed by atoms with van der Waals surface area (Å²) in [4.78, 5) is 2.36. The van der Waals surface area contributed by atoms with E-state index < -0.39 is 0 Å². The maximum atomic E-state index is 3.69. The van der Waals surface area contributed by atoms with E-state index in [1.165, 1.54) is 22.9 Å². The first-order chi connectivity index (χ1) is 8.20. The number of nitrogens with one attached hydrogen (secondary N) is 1. The molecule has 17 heavy (non-hydrogen) atoms. The minimum absolute atomic E-state index is 0.521. The molecule has 1 aromatic carbocycles. The Bertz CT molecular complexity index is 359. The fourth-order valence-electron chi connectivity index (χ4n) is 2.83. The summed E-state index contributed by atoms with van der Waals surface area (Å²) in [7, 11) is 4.37. The summed E-state index contributed by atoms with van der Waals surface area (Å²) in [6.07, 6.45) is 2.54. The first kappa shape index (κ1) is 13.1. The van der Waals surface area contributed by atoms with Crippen LogP contribution in [0.15, 0.2) is 28.7 Å². The predicted molar refractivity (Wildman–Crippen MR) is 76.2 cm³/mol. The lowest BCUT2D eigenvalue weighted by molar-refractivity contribution is 0.177. The summed E-state index contributed by atoms with van der Waals surface area (Å²) < 4.78 is 1.23. The van der Waals surface area contributed by atoms with Crippen LogP contribution < -0.4 is 5.32 Å². The van der Waals surface area contributed by atoms with Crippen molar-refractivity contribution in [2.45, 2.75) is 18.9 Å². The molecule has 0 aliphatic carbocycles. The van der Waals surface area contributed by atoms with Crippen molar-refractivity contribution in [3.05, 3.63) is 34.3 Å². The van der Waals surface area contributed by atoms with Crippen LogP contribution in [0.3, 0.4) is 0 Å². The van der Waals surface area contributed by atoms with E-state index in [9.17, 15) is 0 Å². The number of piperidine rings is 1. The number of nitrogens with zero attached hydrogens (tertiary/aromatic N) is 1. The molecule has 1 unspecified atom stereocenters. The zero-order valence-corrected chi connectivity index (χ0v) is 12.2. The lowest BCUT2D eigenvalue weighted by Gasteiger charge is -2.36. The Kier molecular flexibility index (Phi) is 4.60. The van der Waals surface area contributed by atoms with Gasteiger partial charge in [0.05, 0.1) is 0 Å². The summed E-state index contributed by atoms with van der Waals surface area (Å²) in [5, 5.41) is 3.44. The second-order valence-corrected chi connectivity index (χ2v) is 5.87. The topological polar surface area (TPSA) is 15.3 Å². The van der Waals surface area contributed by atoms with Crippen molar-refractivity contribution in [3.8, 4) is 0 Å². The molecule has 0 radical (unpaired) electrons. The summed E-state index contributed by atoms with van der Waals surface area (Å²) in [5.41, 5.74) is 1.42. The van der Waals surface area contributed by atoms with Gasteiger partial charge in [0.25, 0.3) is 0 Å². The third kappa shape index (κ3) is 3.09. The maximum absolute atomic E-state index is 3.69. The Morgan fingerprint density at radius 1 is 1.24 bits per heavy atom. The molecule has 1 aliphatic rings. The van der Waals surface area contributed by atoms with Crippen LogP contribution in [0.4, 0.5) is 0 Å². The molecular formula is C14H21BrN2. The molecule has 1 N–H and O–H groups in total. The molecule has 0 spiro atoms. The third-order valence-corrected chi connectivity index (χ3v) is 4.33. The molecule has 0 aromatic heterocycles. The number of hydrogen-bond donors (Lipinski definition) is 1. The highest BCUT2D eigenvalue weighted by molar-refractivity contribution is 9.10. The van der Waals surface area contributed by atoms with Crippen LogP contribution in [0.5, 0.6) is 0 Å². The fourth-order valence-corrected chi connectivity index (χ4v) is 3.35. The van der Waals surface area contributed by atoms with E-state index in [-0.39, 0.29) is 0 Å². The highest BCUT2D eigenvalue weighted by Crippen LogP contribution is 2.36. The van der Waals surface area contributed by atoms with E-state index in [2.05, 4.69) is 64.5 Å². The molecule has 2 nitrogen and oxygen atoms in total. The van der Waals surface area contributed by atoms with Crippen LogP contribution in [-0.2, 0) is 0 Å². The zero-order valence-electron chi connectivity index (χ0n) is 10.6. The second-order valence-electron chi connectivity index (χ2n) is 5.02. The van der Waals surface area contributed by atoms with Gasteiger partial charge in [0.15, 0.2) is 0 Å². The Labute approximate surface area is 113 Å². The van der Waals surface area contributed by atoms with E-state index in [1.54, 1.807) is 0 Å². The van der Waals surface area contributed by atoms with Crippen molar-refractivity contribution in [2.75, 3.05) is 27.2 Å². The number of halogens is 1. The molecule has 3 heteroatoms. The van der Waals surface area contributed by atoms with E-state index in [0.717, 1.165) is 19.0 Å². The summed E-state index contributed by atoms with van der Waals surface area (Å²) in [6.45, 7) is 2.30. The molecule has 1 aliphatic heterocycles. The molecule has 1 atom stereocenters. The van der Waals surface area contributed by atoms with Crippen LogP contribution in [0, 0.1) is 5.92 Å². The highest BCUT2D eigenvalue weighted by atomic mass is 79.9. The van der Waals surface area contributed by atoms with Gasteiger partial charge in [-0.1, -0.05) is 34.1 Å². The van der Waals surface area contributed by atoms with Crippen LogP contribution in [0.25, 0.3) is 0 Å². The van der Waals surface area contributed by atoms with Crippen molar-refractivity contribution in [2.24, 2.45) is 5.92 Å². The summed E-state index contributed by atoms with van der Waals surface area (Å²) in [6, 6.07) is 9.14. The Balaban J connectivity index is 2.25. The van der Waals surface area contributed by atoms with Crippen molar-refractivity contribution < 1.29 is 0 Å². The fraction of sp³-hybridized carbons (Fsp3) is 0.571. The van der Waals surface area contributed by atoms with Crippen molar-refractivity contribution in [1.29, 1.82) is 0 Å². The lowest BCUT2D eigenvalue weighted by Crippen LogP contribution is -2.36. The van der Waals surface area contributed by atoms with Crippen molar-refractivity contribution >= 4 is 15.9 Å². The van der Waals surface area contributed by atoms with Gasteiger partial charge in [0, 0.05) is 10.5 Å². The first-order valence-electron chi connectivity index (χ1n) is 6.31. The number of benzene rings is 1. The highest BCUT2D eigenvalue weighted by Gasteiger charge is 2.27. The predicted octanol–water partition coefficient (Wildman–Crippen LogP) is 3.05. The smallest absolute Gasteiger partial charge is 0.0382 e. The normalized spacial score (nSPS) is 19.5. The molecular weight excluding hydrogens is 276 g/mol. The van der Waals surface area contributed by atoms with Crippen LogP contribution in [0.2, 0.25) is 0 Å². The van der Waals surface area contributed by atoms with Crippen LogP contribution in [0.1, 0.15) is 24.4 Å². The SMILES string of the molecule is CN(C)C(c1ccccc1Br)C1CCNCC1. The van der Waals surface area contributed by atoms with Gasteiger partial charge in [0.2, 0.25) is 0 Å². The molecule has 1 saturated heterocycles. The number of rotatable bonds is 3. The maximum Gasteiger partial charge on any atom is 0.0382 e. The Hall–Kier alpha value is -0.380. The van der Waals surface area contributed by atoms with Gasteiger partial charge in [0.1, 0.15) is 0 Å². The minimum atomic E-state index is 0.521. The molecule has 0 amide bonds. The average molecular weight is 297 g/mol. The second kappa shape index (κ2) is 5.98. The standard InChI is InChI=1S/C14H21BrN2/c1-17(2)14(11-7-9-16-10-8-11)12-5-3-4-6-13(12)15/h3-6,11,14,16H,7-10H2,1-2H3. The van der Waals surface area contributed by atoms with Gasteiger partial charge in [-0.15, -0.1) is 0 Å². The van der Waals surface area contributed by atoms with Gasteiger partial charge < -0.3 is 10.2 Å². The molecule has 1 aromatic rings. The van der Waals surface area contributed by atoms with E-state index >= 15 is 0 Å². The Morgan fingerprint density at radius 3 is 2.47 bits per heavy atom. The van der Waals surface area contributed by atoms with E-state index in [4.69, 9.17) is 0 Å². The Morgan fingerprint density at radius 2 is 1.88 bits per heavy atom. The van der Waals surface area contributed by atoms with Crippen molar-refractivity contribution in [1.82, 2.24) is 10.2 Å². The van der Waals surface area contributed by atoms with Crippen LogP contribution >= 0.6 is 15.9 Å². The zero-order chi connectivity index (χ0) is 12.3. The number of hydrogen-bond acceptors (Lipinski definition) is 2. The van der Waals surface area contributed by atoms with Gasteiger partial charge in [-0.05, 0) is 57.6 Å².